The van der Waals surface area contributed by atoms with Crippen LogP contribution in [0.15, 0.2) is 18.2 Å². The first-order valence-electron chi connectivity index (χ1n) is 6.55. The van der Waals surface area contributed by atoms with Gasteiger partial charge < -0.3 is 10.0 Å². The van der Waals surface area contributed by atoms with Crippen LogP contribution in [0.1, 0.15) is 31.4 Å². The molecule has 1 saturated heterocycles. The van der Waals surface area contributed by atoms with Crippen LogP contribution in [0.4, 0.5) is 0 Å². The van der Waals surface area contributed by atoms with Crippen molar-refractivity contribution in [2.75, 3.05) is 13.6 Å². The van der Waals surface area contributed by atoms with E-state index in [1.165, 1.54) is 24.1 Å². The lowest BCUT2D eigenvalue weighted by Crippen LogP contribution is -2.56. The molecular formula is C15H22BrNO. The Morgan fingerprint density at radius 3 is 2.83 bits per heavy atom. The van der Waals surface area contributed by atoms with Crippen LogP contribution in [0.2, 0.25) is 0 Å². The minimum atomic E-state index is 0. The summed E-state index contributed by atoms with van der Waals surface area (Å²) < 4.78 is 0. The number of halogens is 1. The number of benzene rings is 1. The molecule has 1 aliphatic heterocycles. The molecule has 3 atom stereocenters. The van der Waals surface area contributed by atoms with Crippen molar-refractivity contribution in [3.63, 3.8) is 0 Å². The van der Waals surface area contributed by atoms with Gasteiger partial charge in [0.05, 0.1) is 0 Å². The Labute approximate surface area is 120 Å². The van der Waals surface area contributed by atoms with Crippen molar-refractivity contribution in [3.8, 4) is 5.75 Å². The molecule has 1 N–H and O–H groups in total. The van der Waals surface area contributed by atoms with Crippen LogP contribution in [0.3, 0.4) is 0 Å². The van der Waals surface area contributed by atoms with Crippen LogP contribution in [0.5, 0.6) is 5.75 Å². The number of hydrogen-bond donors (Lipinski definition) is 1. The molecule has 18 heavy (non-hydrogen) atoms. The first-order valence-corrected chi connectivity index (χ1v) is 6.55. The number of rotatable bonds is 0. The molecule has 3 rings (SSSR count). The zero-order chi connectivity index (χ0) is 12.2. The number of phenolic OH excluding ortho intramolecular Hbond substituents is 1. The molecule has 0 aromatic heterocycles. The average molecular weight is 312 g/mol. The van der Waals surface area contributed by atoms with E-state index in [1.54, 1.807) is 0 Å². The molecule has 0 amide bonds. The van der Waals surface area contributed by atoms with Gasteiger partial charge in [0, 0.05) is 6.04 Å². The number of likely N-dealkylation sites (tertiary alicyclic amines) is 1. The number of likely N-dealkylation sites (N-methyl/N-ethyl adjacent to an activating group) is 1. The predicted molar refractivity (Wildman–Crippen MR) is 79.7 cm³/mol. The van der Waals surface area contributed by atoms with Gasteiger partial charge in [-0.25, -0.2) is 0 Å². The third-order valence-corrected chi connectivity index (χ3v) is 5.27. The van der Waals surface area contributed by atoms with Gasteiger partial charge in [-0.05, 0) is 61.0 Å². The van der Waals surface area contributed by atoms with E-state index in [4.69, 9.17) is 0 Å². The molecule has 2 bridgehead atoms. The number of hydrogen-bond acceptors (Lipinski definition) is 2. The Bertz CT molecular complexity index is 462. The maximum absolute atomic E-state index is 9.73. The molecule has 2 aliphatic rings. The zero-order valence-corrected chi connectivity index (χ0v) is 13.0. The Morgan fingerprint density at radius 1 is 1.39 bits per heavy atom. The SMILES string of the molecule is Br.C[C@@H]1[C@H]2Cc3ccc(O)cc3[C@]1(C)CCN2C. The quantitative estimate of drug-likeness (QED) is 0.795. The Morgan fingerprint density at radius 2 is 2.11 bits per heavy atom. The van der Waals surface area contributed by atoms with E-state index >= 15 is 0 Å². The second-order valence-electron chi connectivity index (χ2n) is 6.05. The van der Waals surface area contributed by atoms with Crippen LogP contribution in [-0.4, -0.2) is 29.6 Å². The van der Waals surface area contributed by atoms with E-state index in [1.807, 2.05) is 12.1 Å². The molecule has 1 heterocycles. The summed E-state index contributed by atoms with van der Waals surface area (Å²) in [7, 11) is 2.24. The Hall–Kier alpha value is -0.540. The van der Waals surface area contributed by atoms with Gasteiger partial charge in [0.15, 0.2) is 0 Å². The van der Waals surface area contributed by atoms with Gasteiger partial charge >= 0.3 is 0 Å². The minimum absolute atomic E-state index is 0. The fraction of sp³-hybridized carbons (Fsp3) is 0.600. The molecular weight excluding hydrogens is 290 g/mol. The van der Waals surface area contributed by atoms with Gasteiger partial charge in [0.2, 0.25) is 0 Å². The molecule has 100 valence electrons. The van der Waals surface area contributed by atoms with Crippen LogP contribution >= 0.6 is 17.0 Å². The fourth-order valence-electron chi connectivity index (χ4n) is 3.82. The van der Waals surface area contributed by atoms with E-state index in [9.17, 15) is 5.11 Å². The Kier molecular flexibility index (Phi) is 3.50. The molecule has 1 aliphatic carbocycles. The summed E-state index contributed by atoms with van der Waals surface area (Å²) in [5, 5.41) is 9.73. The number of fused-ring (bicyclic) bond motifs is 4. The molecule has 1 aromatic rings. The van der Waals surface area contributed by atoms with Crippen LogP contribution in [0.25, 0.3) is 0 Å². The highest BCUT2D eigenvalue weighted by molar-refractivity contribution is 8.93. The lowest BCUT2D eigenvalue weighted by atomic mass is 9.59. The largest absolute Gasteiger partial charge is 0.508 e. The summed E-state index contributed by atoms with van der Waals surface area (Å²) in [4.78, 5) is 2.50. The molecule has 0 unspecified atom stereocenters. The summed E-state index contributed by atoms with van der Waals surface area (Å²) in [6, 6.07) is 6.59. The van der Waals surface area contributed by atoms with E-state index in [0.29, 0.717) is 17.7 Å². The van der Waals surface area contributed by atoms with Gasteiger partial charge in [0.25, 0.3) is 0 Å². The van der Waals surface area contributed by atoms with Crippen molar-refractivity contribution in [2.45, 2.75) is 38.1 Å². The van der Waals surface area contributed by atoms with E-state index in [2.05, 4.69) is 31.9 Å². The van der Waals surface area contributed by atoms with Crippen molar-refractivity contribution >= 4 is 17.0 Å². The van der Waals surface area contributed by atoms with Gasteiger partial charge in [-0.15, -0.1) is 17.0 Å². The predicted octanol–water partition coefficient (Wildman–Crippen LogP) is 3.12. The third-order valence-electron chi connectivity index (χ3n) is 5.27. The van der Waals surface area contributed by atoms with Crippen LogP contribution in [-0.2, 0) is 11.8 Å². The Balaban J connectivity index is 0.00000120. The lowest BCUT2D eigenvalue weighted by molar-refractivity contribution is 0.0506. The number of piperidine rings is 1. The number of phenols is 1. The van der Waals surface area contributed by atoms with Crippen molar-refractivity contribution in [1.29, 1.82) is 0 Å². The summed E-state index contributed by atoms with van der Waals surface area (Å²) in [6.07, 6.45) is 2.32. The second-order valence-corrected chi connectivity index (χ2v) is 6.05. The van der Waals surface area contributed by atoms with Crippen molar-refractivity contribution in [3.05, 3.63) is 29.3 Å². The molecule has 0 spiro atoms. The molecule has 0 saturated carbocycles. The standard InChI is InChI=1S/C15H21NO.BrH/c1-10-14-8-11-4-5-12(17)9-13(11)15(10,2)6-7-16(14)3;/h4-5,9-10,14,17H,6-8H2,1-3H3;1H/t10-,14-,15-;/m1./s1. The highest BCUT2D eigenvalue weighted by atomic mass is 79.9. The smallest absolute Gasteiger partial charge is 0.115 e. The zero-order valence-electron chi connectivity index (χ0n) is 11.3. The minimum Gasteiger partial charge on any atom is -0.508 e. The van der Waals surface area contributed by atoms with Gasteiger partial charge in [-0.3, -0.25) is 0 Å². The molecule has 1 fully saturated rings. The molecule has 3 heteroatoms. The van der Waals surface area contributed by atoms with Crippen molar-refractivity contribution < 1.29 is 5.11 Å². The van der Waals surface area contributed by atoms with Crippen molar-refractivity contribution in [2.24, 2.45) is 5.92 Å². The first-order chi connectivity index (χ1) is 8.02. The van der Waals surface area contributed by atoms with Gasteiger partial charge in [0.1, 0.15) is 5.75 Å². The maximum Gasteiger partial charge on any atom is 0.115 e. The van der Waals surface area contributed by atoms with Crippen molar-refractivity contribution in [1.82, 2.24) is 4.90 Å². The molecule has 1 aromatic carbocycles. The topological polar surface area (TPSA) is 23.5 Å². The van der Waals surface area contributed by atoms with Crippen LogP contribution in [0, 0.1) is 5.92 Å². The highest BCUT2D eigenvalue weighted by Crippen LogP contribution is 2.48. The monoisotopic (exact) mass is 311 g/mol. The molecule has 0 radical (unpaired) electrons. The van der Waals surface area contributed by atoms with E-state index in [-0.39, 0.29) is 22.4 Å². The first kappa shape index (κ1) is 13.9. The van der Waals surface area contributed by atoms with E-state index < -0.39 is 0 Å². The summed E-state index contributed by atoms with van der Waals surface area (Å²) in [6.45, 7) is 5.91. The number of nitrogens with zero attached hydrogens (tertiary/aromatic N) is 1. The maximum atomic E-state index is 9.73. The summed E-state index contributed by atoms with van der Waals surface area (Å²) in [5.74, 6) is 1.07. The van der Waals surface area contributed by atoms with Gasteiger partial charge in [-0.2, -0.15) is 0 Å². The fourth-order valence-corrected chi connectivity index (χ4v) is 3.82. The summed E-state index contributed by atoms with van der Waals surface area (Å²) >= 11 is 0. The lowest BCUT2D eigenvalue weighted by Gasteiger charge is -2.53. The highest BCUT2D eigenvalue weighted by Gasteiger charge is 2.47. The van der Waals surface area contributed by atoms with Crippen LogP contribution < -0.4 is 0 Å². The summed E-state index contributed by atoms with van der Waals surface area (Å²) in [5.41, 5.74) is 3.05. The van der Waals surface area contributed by atoms with Gasteiger partial charge in [-0.1, -0.05) is 19.9 Å². The average Bonchev–Trinajstić information content (AvgIpc) is 2.30. The van der Waals surface area contributed by atoms with E-state index in [0.717, 1.165) is 6.42 Å². The third kappa shape index (κ3) is 1.79. The normalized spacial score (nSPS) is 34.6. The molecule has 2 nitrogen and oxygen atoms in total. The second kappa shape index (κ2) is 4.53. The number of aromatic hydroxyl groups is 1.